The van der Waals surface area contributed by atoms with Gasteiger partial charge in [0.1, 0.15) is 0 Å². The Hall–Kier alpha value is -0.380. The molecular formula is C12H16ClIN2O3S. The molecule has 0 saturated carbocycles. The monoisotopic (exact) mass is 430 g/mol. The fourth-order valence-corrected chi connectivity index (χ4v) is 3.17. The molecule has 0 bridgehead atoms. The average molecular weight is 431 g/mol. The number of benzene rings is 1. The molecule has 1 rings (SSSR count). The molecule has 0 atom stereocenters. The van der Waals surface area contributed by atoms with Gasteiger partial charge in [-0.15, -0.1) is 0 Å². The highest BCUT2D eigenvalue weighted by molar-refractivity contribution is 14.1. The molecule has 0 aliphatic heterocycles. The van der Waals surface area contributed by atoms with Gasteiger partial charge in [0.15, 0.2) is 0 Å². The highest BCUT2D eigenvalue weighted by Gasteiger charge is 2.23. The zero-order chi connectivity index (χ0) is 15.6. The van der Waals surface area contributed by atoms with Crippen LogP contribution in [-0.4, -0.2) is 32.7 Å². The summed E-state index contributed by atoms with van der Waals surface area (Å²) in [4.78, 5) is 12.0. The van der Waals surface area contributed by atoms with Gasteiger partial charge < -0.3 is 5.32 Å². The lowest BCUT2D eigenvalue weighted by Gasteiger charge is -2.25. The molecule has 0 spiro atoms. The summed E-state index contributed by atoms with van der Waals surface area (Å²) in [6, 6.07) is 4.99. The van der Waals surface area contributed by atoms with Crippen molar-refractivity contribution in [3.8, 4) is 0 Å². The van der Waals surface area contributed by atoms with Gasteiger partial charge >= 0.3 is 0 Å². The van der Waals surface area contributed by atoms with Gasteiger partial charge in [-0.05, 0) is 54.6 Å². The van der Waals surface area contributed by atoms with Crippen molar-refractivity contribution < 1.29 is 13.2 Å². The minimum absolute atomic E-state index is 0.169. The van der Waals surface area contributed by atoms with Crippen LogP contribution in [-0.2, 0) is 10.0 Å². The Labute approximate surface area is 137 Å². The van der Waals surface area contributed by atoms with Crippen molar-refractivity contribution in [3.05, 3.63) is 32.4 Å². The number of amides is 1. The molecule has 1 aromatic rings. The Balaban J connectivity index is 2.69. The van der Waals surface area contributed by atoms with Crippen molar-refractivity contribution >= 4 is 50.1 Å². The van der Waals surface area contributed by atoms with Crippen LogP contribution in [0.1, 0.15) is 24.2 Å². The van der Waals surface area contributed by atoms with E-state index in [0.29, 0.717) is 10.6 Å². The van der Waals surface area contributed by atoms with Crippen molar-refractivity contribution in [2.45, 2.75) is 19.4 Å². The topological polar surface area (TPSA) is 75.3 Å². The maximum Gasteiger partial charge on any atom is 0.251 e. The van der Waals surface area contributed by atoms with E-state index < -0.39 is 15.6 Å². The third-order valence-electron chi connectivity index (χ3n) is 2.33. The largest absolute Gasteiger partial charge is 0.350 e. The summed E-state index contributed by atoms with van der Waals surface area (Å²) in [6.07, 6.45) is 1.08. The molecule has 0 fully saturated rings. The Kier molecular flexibility index (Phi) is 5.82. The lowest BCUT2D eigenvalue weighted by Crippen LogP contribution is -2.51. The lowest BCUT2D eigenvalue weighted by atomic mass is 10.1. The van der Waals surface area contributed by atoms with Gasteiger partial charge in [-0.2, -0.15) is 0 Å². The quantitative estimate of drug-likeness (QED) is 0.702. The van der Waals surface area contributed by atoms with E-state index >= 15 is 0 Å². The molecular weight excluding hydrogens is 415 g/mol. The van der Waals surface area contributed by atoms with Crippen molar-refractivity contribution in [1.29, 1.82) is 0 Å². The Morgan fingerprint density at radius 1 is 1.40 bits per heavy atom. The van der Waals surface area contributed by atoms with Gasteiger partial charge in [-0.1, -0.05) is 11.6 Å². The minimum Gasteiger partial charge on any atom is -0.350 e. The third-order valence-corrected chi connectivity index (χ3v) is 4.83. The molecule has 8 heteroatoms. The number of rotatable bonds is 5. The van der Waals surface area contributed by atoms with E-state index in [9.17, 15) is 13.2 Å². The second kappa shape index (κ2) is 6.59. The fourth-order valence-electron chi connectivity index (χ4n) is 1.58. The van der Waals surface area contributed by atoms with E-state index in [1.165, 1.54) is 0 Å². The zero-order valence-electron chi connectivity index (χ0n) is 11.3. The van der Waals surface area contributed by atoms with Crippen LogP contribution in [0.3, 0.4) is 0 Å². The van der Waals surface area contributed by atoms with Gasteiger partial charge in [0, 0.05) is 21.2 Å². The molecule has 0 unspecified atom stereocenters. The van der Waals surface area contributed by atoms with Crippen molar-refractivity contribution in [1.82, 2.24) is 10.0 Å². The van der Waals surface area contributed by atoms with Crippen LogP contribution in [0.4, 0.5) is 0 Å². The van der Waals surface area contributed by atoms with Crippen LogP contribution >= 0.6 is 34.2 Å². The lowest BCUT2D eigenvalue weighted by molar-refractivity contribution is 0.0944. The molecule has 0 heterocycles. The Morgan fingerprint density at radius 2 is 2.00 bits per heavy atom. The molecule has 1 aromatic carbocycles. The number of halogens is 2. The molecule has 0 aromatic heterocycles. The SMILES string of the molecule is CC(C)(CNC(=O)c1ccc(I)c(Cl)c1)NS(C)(=O)=O. The van der Waals surface area contributed by atoms with E-state index in [-0.39, 0.29) is 12.5 Å². The molecule has 1 amide bonds. The first-order chi connectivity index (χ1) is 9.00. The third kappa shape index (κ3) is 5.94. The zero-order valence-corrected chi connectivity index (χ0v) is 15.1. The fraction of sp³-hybridized carbons (Fsp3) is 0.417. The van der Waals surface area contributed by atoms with E-state index in [0.717, 1.165) is 9.83 Å². The molecule has 20 heavy (non-hydrogen) atoms. The van der Waals surface area contributed by atoms with Crippen LogP contribution in [0.2, 0.25) is 5.02 Å². The molecule has 0 radical (unpaired) electrons. The summed E-state index contributed by atoms with van der Waals surface area (Å²) in [6.45, 7) is 3.55. The maximum absolute atomic E-state index is 12.0. The highest BCUT2D eigenvalue weighted by Crippen LogP contribution is 2.19. The smallest absolute Gasteiger partial charge is 0.251 e. The van der Waals surface area contributed by atoms with Crippen LogP contribution in [0.15, 0.2) is 18.2 Å². The predicted molar refractivity (Wildman–Crippen MR) is 88.6 cm³/mol. The Morgan fingerprint density at radius 3 is 2.50 bits per heavy atom. The van der Waals surface area contributed by atoms with Gasteiger partial charge in [-0.25, -0.2) is 13.1 Å². The van der Waals surface area contributed by atoms with Gasteiger partial charge in [-0.3, -0.25) is 4.79 Å². The first-order valence-corrected chi connectivity index (χ1v) is 9.07. The first kappa shape index (κ1) is 17.7. The summed E-state index contributed by atoms with van der Waals surface area (Å²) in [5, 5.41) is 3.19. The number of sulfonamides is 1. The van der Waals surface area contributed by atoms with E-state index in [2.05, 4.69) is 32.6 Å². The summed E-state index contributed by atoms with van der Waals surface area (Å²) in [5.41, 5.74) is -0.332. The maximum atomic E-state index is 12.0. The predicted octanol–water partition coefficient (Wildman–Crippen LogP) is 2.00. The first-order valence-electron chi connectivity index (χ1n) is 5.72. The van der Waals surface area contributed by atoms with Crippen molar-refractivity contribution in [2.75, 3.05) is 12.8 Å². The van der Waals surface area contributed by atoms with Crippen LogP contribution in [0.25, 0.3) is 0 Å². The van der Waals surface area contributed by atoms with Crippen LogP contribution in [0, 0.1) is 3.57 Å². The van der Waals surface area contributed by atoms with E-state index in [1.54, 1.807) is 32.0 Å². The van der Waals surface area contributed by atoms with Crippen molar-refractivity contribution in [2.24, 2.45) is 0 Å². The highest BCUT2D eigenvalue weighted by atomic mass is 127. The number of carbonyl (C=O) groups is 1. The summed E-state index contributed by atoms with van der Waals surface area (Å²) < 4.78 is 25.7. The summed E-state index contributed by atoms with van der Waals surface area (Å²) in [5.74, 6) is -0.299. The normalized spacial score (nSPS) is 12.2. The number of carbonyl (C=O) groups excluding carboxylic acids is 1. The summed E-state index contributed by atoms with van der Waals surface area (Å²) >= 11 is 8.03. The standard InChI is InChI=1S/C12H16ClIN2O3S/c1-12(2,16-20(3,18)19)7-15-11(17)8-4-5-10(14)9(13)6-8/h4-6,16H,7H2,1-3H3,(H,15,17). The van der Waals surface area contributed by atoms with Crippen molar-refractivity contribution in [3.63, 3.8) is 0 Å². The number of nitrogens with one attached hydrogen (secondary N) is 2. The Bertz CT molecular complexity index is 617. The second-order valence-electron chi connectivity index (χ2n) is 5.07. The molecule has 5 nitrogen and oxygen atoms in total. The number of hydrogen-bond donors (Lipinski definition) is 2. The van der Waals surface area contributed by atoms with E-state index in [4.69, 9.17) is 11.6 Å². The minimum atomic E-state index is -3.33. The second-order valence-corrected chi connectivity index (χ2v) is 8.39. The van der Waals surface area contributed by atoms with Gasteiger partial charge in [0.25, 0.3) is 5.91 Å². The van der Waals surface area contributed by atoms with Gasteiger partial charge in [0.2, 0.25) is 10.0 Å². The molecule has 112 valence electrons. The van der Waals surface area contributed by atoms with Crippen LogP contribution in [0.5, 0.6) is 0 Å². The molecule has 0 aliphatic rings. The molecule has 0 aliphatic carbocycles. The van der Waals surface area contributed by atoms with Gasteiger partial charge in [0.05, 0.1) is 11.3 Å². The molecule has 0 saturated heterocycles. The van der Waals surface area contributed by atoms with Crippen LogP contribution < -0.4 is 10.0 Å². The summed E-state index contributed by atoms with van der Waals surface area (Å²) in [7, 11) is -3.33. The number of hydrogen-bond acceptors (Lipinski definition) is 3. The average Bonchev–Trinajstić information content (AvgIpc) is 2.26. The molecule has 2 N–H and O–H groups in total. The van der Waals surface area contributed by atoms with E-state index in [1.807, 2.05) is 0 Å².